The molecule has 1 fully saturated rings. The summed E-state index contributed by atoms with van der Waals surface area (Å²) >= 11 is 0. The highest BCUT2D eigenvalue weighted by Crippen LogP contribution is 2.64. The average molecular weight is 264 g/mol. The van der Waals surface area contributed by atoms with Gasteiger partial charge < -0.3 is 14.6 Å². The van der Waals surface area contributed by atoms with Crippen molar-refractivity contribution < 1.29 is 19.4 Å². The maximum atomic E-state index is 11.2. The number of carbonyl (C=O) groups is 1. The zero-order valence-corrected chi connectivity index (χ0v) is 11.8. The van der Waals surface area contributed by atoms with E-state index in [4.69, 9.17) is 9.47 Å². The van der Waals surface area contributed by atoms with Gasteiger partial charge in [-0.05, 0) is 30.0 Å². The Hall–Kier alpha value is -1.71. The van der Waals surface area contributed by atoms with Crippen molar-refractivity contribution in [1.29, 1.82) is 0 Å². The first-order chi connectivity index (χ1) is 8.93. The highest BCUT2D eigenvalue weighted by atomic mass is 16.5. The lowest BCUT2D eigenvalue weighted by molar-refractivity contribution is -0.139. The fourth-order valence-electron chi connectivity index (χ4n) is 2.87. The minimum Gasteiger partial charge on any atom is -0.493 e. The van der Waals surface area contributed by atoms with Crippen LogP contribution in [0.2, 0.25) is 0 Å². The Labute approximate surface area is 113 Å². The molecule has 0 aliphatic heterocycles. The molecule has 0 spiro atoms. The topological polar surface area (TPSA) is 55.8 Å². The number of benzene rings is 1. The normalized spacial score (nSPS) is 23.8. The summed E-state index contributed by atoms with van der Waals surface area (Å²) in [7, 11) is 1.59. The van der Waals surface area contributed by atoms with Gasteiger partial charge in [0, 0.05) is 5.92 Å². The van der Waals surface area contributed by atoms with Crippen LogP contribution in [0.3, 0.4) is 0 Å². The Kier molecular flexibility index (Phi) is 3.43. The molecule has 0 radical (unpaired) electrons. The van der Waals surface area contributed by atoms with Crippen LogP contribution in [0.25, 0.3) is 0 Å². The highest BCUT2D eigenvalue weighted by Gasteiger charge is 2.62. The smallest absolute Gasteiger partial charge is 0.307 e. The number of hydrogen-bond donors (Lipinski definition) is 1. The fourth-order valence-corrected chi connectivity index (χ4v) is 2.87. The van der Waals surface area contributed by atoms with E-state index in [1.165, 1.54) is 0 Å². The molecule has 1 aliphatic rings. The van der Waals surface area contributed by atoms with E-state index >= 15 is 0 Å². The quantitative estimate of drug-likeness (QED) is 0.888. The summed E-state index contributed by atoms with van der Waals surface area (Å²) in [6.45, 7) is 6.46. The minimum absolute atomic E-state index is 0.0366. The lowest BCUT2D eigenvalue weighted by Crippen LogP contribution is -2.03. The van der Waals surface area contributed by atoms with Crippen LogP contribution in [0, 0.1) is 11.3 Å². The molecular formula is C15H20O4. The highest BCUT2D eigenvalue weighted by molar-refractivity contribution is 5.77. The first-order valence-electron chi connectivity index (χ1n) is 6.47. The number of carboxylic acid groups (broad SMARTS) is 1. The van der Waals surface area contributed by atoms with Crippen molar-refractivity contribution >= 4 is 5.97 Å². The number of methoxy groups -OCH3 is 1. The van der Waals surface area contributed by atoms with Crippen LogP contribution >= 0.6 is 0 Å². The summed E-state index contributed by atoms with van der Waals surface area (Å²) in [5.41, 5.74) is 0.793. The molecule has 4 nitrogen and oxygen atoms in total. The molecule has 1 aliphatic carbocycles. The molecule has 1 aromatic rings. The summed E-state index contributed by atoms with van der Waals surface area (Å²) in [5.74, 6) is 0.331. The molecule has 0 saturated heterocycles. The molecule has 0 bridgehead atoms. The van der Waals surface area contributed by atoms with Gasteiger partial charge in [0.15, 0.2) is 11.5 Å². The van der Waals surface area contributed by atoms with Crippen LogP contribution in [0.1, 0.15) is 32.3 Å². The number of rotatable bonds is 5. The molecule has 2 atom stereocenters. The minimum atomic E-state index is -0.733. The molecule has 2 unspecified atom stereocenters. The Morgan fingerprint density at radius 1 is 1.37 bits per heavy atom. The maximum absolute atomic E-state index is 11.2. The fraction of sp³-hybridized carbons (Fsp3) is 0.533. The molecule has 0 heterocycles. The lowest BCUT2D eigenvalue weighted by atomic mass is 10.0. The summed E-state index contributed by atoms with van der Waals surface area (Å²) in [6.07, 6.45) is 0. The zero-order chi connectivity index (χ0) is 14.2. The van der Waals surface area contributed by atoms with Crippen molar-refractivity contribution in [2.24, 2.45) is 11.3 Å². The van der Waals surface area contributed by atoms with Gasteiger partial charge in [-0.3, -0.25) is 4.79 Å². The van der Waals surface area contributed by atoms with Gasteiger partial charge >= 0.3 is 5.97 Å². The first-order valence-corrected chi connectivity index (χ1v) is 6.47. The first kappa shape index (κ1) is 13.7. The third-order valence-corrected chi connectivity index (χ3v) is 3.94. The Balaban J connectivity index is 2.30. The molecule has 1 N–H and O–H groups in total. The molecule has 1 saturated carbocycles. The Morgan fingerprint density at radius 3 is 2.53 bits per heavy atom. The van der Waals surface area contributed by atoms with Gasteiger partial charge in [-0.2, -0.15) is 0 Å². The summed E-state index contributed by atoms with van der Waals surface area (Å²) in [4.78, 5) is 11.2. The van der Waals surface area contributed by atoms with E-state index in [-0.39, 0.29) is 17.3 Å². The van der Waals surface area contributed by atoms with Crippen molar-refractivity contribution in [2.45, 2.75) is 26.7 Å². The van der Waals surface area contributed by atoms with E-state index < -0.39 is 5.97 Å². The second-order valence-electron chi connectivity index (χ2n) is 5.46. The molecule has 104 valence electrons. The SMILES string of the molecule is CCOc1ccc(C2C(C(=O)O)C2(C)C)cc1OC. The maximum Gasteiger partial charge on any atom is 0.307 e. The molecule has 19 heavy (non-hydrogen) atoms. The lowest BCUT2D eigenvalue weighted by Gasteiger charge is -2.11. The molecule has 0 amide bonds. The summed E-state index contributed by atoms with van der Waals surface area (Å²) in [5, 5.41) is 9.23. The molecule has 0 aromatic heterocycles. The Morgan fingerprint density at radius 2 is 2.05 bits per heavy atom. The van der Waals surface area contributed by atoms with E-state index in [2.05, 4.69) is 0 Å². The predicted octanol–water partition coefficient (Wildman–Crippen LogP) is 2.92. The van der Waals surface area contributed by atoms with Gasteiger partial charge in [0.1, 0.15) is 0 Å². The van der Waals surface area contributed by atoms with E-state index in [9.17, 15) is 9.90 Å². The van der Waals surface area contributed by atoms with Crippen molar-refractivity contribution in [1.82, 2.24) is 0 Å². The van der Waals surface area contributed by atoms with Crippen LogP contribution in [0.4, 0.5) is 0 Å². The molecular weight excluding hydrogens is 244 g/mol. The van der Waals surface area contributed by atoms with Crippen molar-refractivity contribution in [3.05, 3.63) is 23.8 Å². The molecule has 2 rings (SSSR count). The van der Waals surface area contributed by atoms with E-state index in [0.717, 1.165) is 5.56 Å². The van der Waals surface area contributed by atoms with Gasteiger partial charge in [0.25, 0.3) is 0 Å². The van der Waals surface area contributed by atoms with E-state index in [0.29, 0.717) is 18.1 Å². The van der Waals surface area contributed by atoms with Gasteiger partial charge in [0.2, 0.25) is 0 Å². The van der Waals surface area contributed by atoms with E-state index in [1.807, 2.05) is 39.0 Å². The van der Waals surface area contributed by atoms with Gasteiger partial charge in [-0.1, -0.05) is 19.9 Å². The number of carboxylic acids is 1. The standard InChI is InChI=1S/C15H20O4/c1-5-19-10-7-6-9(8-11(10)18-4)12-13(14(16)17)15(12,2)3/h6-8,12-13H,5H2,1-4H3,(H,16,17). The monoisotopic (exact) mass is 264 g/mol. The van der Waals surface area contributed by atoms with Gasteiger partial charge in [-0.15, -0.1) is 0 Å². The second kappa shape index (κ2) is 4.76. The largest absolute Gasteiger partial charge is 0.493 e. The zero-order valence-electron chi connectivity index (χ0n) is 11.8. The predicted molar refractivity (Wildman–Crippen MR) is 71.8 cm³/mol. The van der Waals surface area contributed by atoms with Crippen LogP contribution in [-0.2, 0) is 4.79 Å². The van der Waals surface area contributed by atoms with Crippen molar-refractivity contribution in [3.63, 3.8) is 0 Å². The average Bonchev–Trinajstić information content (AvgIpc) is 2.93. The third kappa shape index (κ3) is 2.27. The van der Waals surface area contributed by atoms with Gasteiger partial charge in [-0.25, -0.2) is 0 Å². The van der Waals surface area contributed by atoms with Crippen molar-refractivity contribution in [2.75, 3.05) is 13.7 Å². The number of hydrogen-bond acceptors (Lipinski definition) is 3. The molecule has 1 aromatic carbocycles. The second-order valence-corrected chi connectivity index (χ2v) is 5.46. The number of aliphatic carboxylic acids is 1. The van der Waals surface area contributed by atoms with Crippen LogP contribution < -0.4 is 9.47 Å². The summed E-state index contributed by atoms with van der Waals surface area (Å²) in [6, 6.07) is 5.67. The van der Waals surface area contributed by atoms with Gasteiger partial charge in [0.05, 0.1) is 19.6 Å². The van der Waals surface area contributed by atoms with Crippen LogP contribution in [0.15, 0.2) is 18.2 Å². The summed E-state index contributed by atoms with van der Waals surface area (Å²) < 4.78 is 10.8. The number of ether oxygens (including phenoxy) is 2. The Bertz CT molecular complexity index is 493. The third-order valence-electron chi connectivity index (χ3n) is 3.94. The van der Waals surface area contributed by atoms with Crippen molar-refractivity contribution in [3.8, 4) is 11.5 Å². The molecule has 4 heteroatoms. The van der Waals surface area contributed by atoms with E-state index in [1.54, 1.807) is 7.11 Å². The van der Waals surface area contributed by atoms with Crippen LogP contribution in [-0.4, -0.2) is 24.8 Å². The van der Waals surface area contributed by atoms with Crippen LogP contribution in [0.5, 0.6) is 11.5 Å².